The fourth-order valence-electron chi connectivity index (χ4n) is 3.33. The van der Waals surface area contributed by atoms with Crippen LogP contribution in [-0.2, 0) is 11.3 Å². The van der Waals surface area contributed by atoms with Crippen molar-refractivity contribution >= 4 is 0 Å². The Morgan fingerprint density at radius 2 is 1.87 bits per heavy atom. The highest BCUT2D eigenvalue weighted by molar-refractivity contribution is 5.67. The number of hydrogen-bond donors (Lipinski definition) is 0. The van der Waals surface area contributed by atoms with E-state index in [-0.39, 0.29) is 0 Å². The standard InChI is InChI=1S/C23H20N6O2/c1-15-10-16(11-24)4-7-19(15)20-8-5-17(12-25-20)23-28-27-21(14-30-2)29(23)18-6-9-22(31-3)26-13-18/h4-10,12-13H,14H2,1-3H3. The number of aryl methyl sites for hydroxylation is 1. The molecule has 4 rings (SSSR count). The van der Waals surface area contributed by atoms with Crippen LogP contribution in [0.25, 0.3) is 28.3 Å². The van der Waals surface area contributed by atoms with Gasteiger partial charge in [-0.3, -0.25) is 9.55 Å². The lowest BCUT2D eigenvalue weighted by Crippen LogP contribution is -2.05. The summed E-state index contributed by atoms with van der Waals surface area (Å²) in [6.45, 7) is 2.27. The van der Waals surface area contributed by atoms with Crippen LogP contribution >= 0.6 is 0 Å². The third-order valence-corrected chi connectivity index (χ3v) is 4.84. The van der Waals surface area contributed by atoms with E-state index in [1.807, 2.05) is 41.8 Å². The molecule has 1 aromatic carbocycles. The lowest BCUT2D eigenvalue weighted by Gasteiger charge is -2.11. The molecule has 4 aromatic rings. The number of nitrogens with zero attached hydrogens (tertiary/aromatic N) is 6. The molecule has 0 unspecified atom stereocenters. The van der Waals surface area contributed by atoms with Crippen LogP contribution in [0, 0.1) is 18.3 Å². The maximum Gasteiger partial charge on any atom is 0.213 e. The molecule has 0 N–H and O–H groups in total. The van der Waals surface area contributed by atoms with E-state index in [0.717, 1.165) is 28.1 Å². The van der Waals surface area contributed by atoms with E-state index in [0.29, 0.717) is 29.7 Å². The van der Waals surface area contributed by atoms with Crippen LogP contribution in [0.1, 0.15) is 17.0 Å². The summed E-state index contributed by atoms with van der Waals surface area (Å²) in [6.07, 6.45) is 3.47. The third kappa shape index (κ3) is 3.99. The molecule has 0 saturated carbocycles. The van der Waals surface area contributed by atoms with Crippen LogP contribution in [0.4, 0.5) is 0 Å². The molecular weight excluding hydrogens is 392 g/mol. The first-order chi connectivity index (χ1) is 15.1. The van der Waals surface area contributed by atoms with Crippen molar-refractivity contribution in [2.75, 3.05) is 14.2 Å². The molecule has 0 spiro atoms. The molecule has 0 amide bonds. The number of benzene rings is 1. The Labute approximate surface area is 179 Å². The van der Waals surface area contributed by atoms with Gasteiger partial charge < -0.3 is 9.47 Å². The van der Waals surface area contributed by atoms with Crippen molar-refractivity contribution in [2.24, 2.45) is 0 Å². The summed E-state index contributed by atoms with van der Waals surface area (Å²) in [5, 5.41) is 17.7. The first kappa shape index (κ1) is 20.2. The highest BCUT2D eigenvalue weighted by atomic mass is 16.5. The number of aromatic nitrogens is 5. The Kier molecular flexibility index (Phi) is 5.69. The molecule has 8 heteroatoms. The predicted octanol–water partition coefficient (Wildman–Crippen LogP) is 3.73. The van der Waals surface area contributed by atoms with Gasteiger partial charge in [-0.1, -0.05) is 6.07 Å². The van der Waals surface area contributed by atoms with Crippen molar-refractivity contribution in [2.45, 2.75) is 13.5 Å². The van der Waals surface area contributed by atoms with Gasteiger partial charge >= 0.3 is 0 Å². The summed E-state index contributed by atoms with van der Waals surface area (Å²) in [7, 11) is 3.19. The molecule has 0 aliphatic carbocycles. The van der Waals surface area contributed by atoms with E-state index >= 15 is 0 Å². The fourth-order valence-corrected chi connectivity index (χ4v) is 3.33. The van der Waals surface area contributed by atoms with Crippen LogP contribution in [0.5, 0.6) is 5.88 Å². The second-order valence-electron chi connectivity index (χ2n) is 6.84. The maximum absolute atomic E-state index is 9.07. The minimum Gasteiger partial charge on any atom is -0.481 e. The van der Waals surface area contributed by atoms with Gasteiger partial charge in [-0.25, -0.2) is 4.98 Å². The summed E-state index contributed by atoms with van der Waals surface area (Å²) in [5.74, 6) is 1.81. The molecule has 0 fully saturated rings. The zero-order valence-electron chi connectivity index (χ0n) is 17.4. The Morgan fingerprint density at radius 1 is 1.00 bits per heavy atom. The normalized spacial score (nSPS) is 10.6. The number of nitriles is 1. The summed E-state index contributed by atoms with van der Waals surface area (Å²) in [6, 6.07) is 15.3. The molecule has 3 heterocycles. The van der Waals surface area contributed by atoms with Crippen molar-refractivity contribution in [1.29, 1.82) is 5.26 Å². The van der Waals surface area contributed by atoms with Crippen LogP contribution < -0.4 is 4.74 Å². The third-order valence-electron chi connectivity index (χ3n) is 4.84. The molecular formula is C23H20N6O2. The SMILES string of the molecule is COCc1nnc(-c2ccc(-c3ccc(C#N)cc3C)nc2)n1-c1ccc(OC)nc1. The molecule has 0 aliphatic rings. The van der Waals surface area contributed by atoms with Crippen molar-refractivity contribution < 1.29 is 9.47 Å². The quantitative estimate of drug-likeness (QED) is 0.476. The summed E-state index contributed by atoms with van der Waals surface area (Å²) >= 11 is 0. The number of hydrogen-bond acceptors (Lipinski definition) is 7. The number of pyridine rings is 2. The van der Waals surface area contributed by atoms with Gasteiger partial charge in [0.25, 0.3) is 0 Å². The number of ether oxygens (including phenoxy) is 2. The van der Waals surface area contributed by atoms with E-state index in [9.17, 15) is 0 Å². The van der Waals surface area contributed by atoms with Crippen LogP contribution in [-0.4, -0.2) is 39.0 Å². The van der Waals surface area contributed by atoms with Crippen molar-refractivity contribution in [3.05, 3.63) is 71.8 Å². The van der Waals surface area contributed by atoms with Crippen LogP contribution in [0.3, 0.4) is 0 Å². The number of methoxy groups -OCH3 is 2. The minimum atomic E-state index is 0.301. The topological polar surface area (TPSA) is 98.7 Å². The van der Waals surface area contributed by atoms with Gasteiger partial charge in [0.15, 0.2) is 11.6 Å². The zero-order valence-corrected chi connectivity index (χ0v) is 17.4. The number of rotatable bonds is 6. The Morgan fingerprint density at radius 3 is 2.48 bits per heavy atom. The molecule has 3 aromatic heterocycles. The lowest BCUT2D eigenvalue weighted by atomic mass is 10.0. The van der Waals surface area contributed by atoms with Crippen LogP contribution in [0.2, 0.25) is 0 Å². The first-order valence-electron chi connectivity index (χ1n) is 9.55. The Hall–Kier alpha value is -4.09. The van der Waals surface area contributed by atoms with Gasteiger partial charge in [0.05, 0.1) is 36.3 Å². The summed E-state index contributed by atoms with van der Waals surface area (Å²) in [5.41, 5.74) is 5.02. The highest BCUT2D eigenvalue weighted by Gasteiger charge is 2.17. The molecule has 8 nitrogen and oxygen atoms in total. The second-order valence-corrected chi connectivity index (χ2v) is 6.84. The van der Waals surface area contributed by atoms with Gasteiger partial charge in [0.1, 0.15) is 6.61 Å². The fraction of sp³-hybridized carbons (Fsp3) is 0.174. The van der Waals surface area contributed by atoms with E-state index in [2.05, 4.69) is 26.2 Å². The Bertz CT molecular complexity index is 1240. The Balaban J connectivity index is 1.74. The predicted molar refractivity (Wildman–Crippen MR) is 115 cm³/mol. The highest BCUT2D eigenvalue weighted by Crippen LogP contribution is 2.27. The largest absolute Gasteiger partial charge is 0.481 e. The monoisotopic (exact) mass is 412 g/mol. The van der Waals surface area contributed by atoms with E-state index in [1.165, 1.54) is 0 Å². The van der Waals surface area contributed by atoms with Crippen molar-refractivity contribution in [1.82, 2.24) is 24.7 Å². The average Bonchev–Trinajstić information content (AvgIpc) is 3.23. The smallest absolute Gasteiger partial charge is 0.213 e. The maximum atomic E-state index is 9.07. The average molecular weight is 412 g/mol. The van der Waals surface area contributed by atoms with Crippen LogP contribution in [0.15, 0.2) is 54.9 Å². The van der Waals surface area contributed by atoms with Gasteiger partial charge in [-0.2, -0.15) is 5.26 Å². The molecule has 0 atom stereocenters. The zero-order chi connectivity index (χ0) is 21.8. The van der Waals surface area contributed by atoms with Gasteiger partial charge in [0.2, 0.25) is 5.88 Å². The molecule has 0 radical (unpaired) electrons. The molecule has 0 bridgehead atoms. The molecule has 0 aliphatic heterocycles. The van der Waals surface area contributed by atoms with Crippen molar-refractivity contribution in [3.8, 4) is 40.3 Å². The van der Waals surface area contributed by atoms with Gasteiger partial charge in [-0.05, 0) is 42.8 Å². The molecule has 154 valence electrons. The van der Waals surface area contributed by atoms with Crippen molar-refractivity contribution in [3.63, 3.8) is 0 Å². The second kappa shape index (κ2) is 8.73. The van der Waals surface area contributed by atoms with E-state index in [4.69, 9.17) is 14.7 Å². The molecule has 31 heavy (non-hydrogen) atoms. The summed E-state index contributed by atoms with van der Waals surface area (Å²) in [4.78, 5) is 8.92. The molecule has 0 saturated heterocycles. The summed E-state index contributed by atoms with van der Waals surface area (Å²) < 4.78 is 12.3. The van der Waals surface area contributed by atoms with E-state index < -0.39 is 0 Å². The van der Waals surface area contributed by atoms with Gasteiger partial charge in [0, 0.05) is 30.5 Å². The lowest BCUT2D eigenvalue weighted by molar-refractivity contribution is 0.176. The first-order valence-corrected chi connectivity index (χ1v) is 9.55. The van der Waals surface area contributed by atoms with E-state index in [1.54, 1.807) is 38.7 Å². The van der Waals surface area contributed by atoms with Gasteiger partial charge in [-0.15, -0.1) is 10.2 Å². The minimum absolute atomic E-state index is 0.301.